The van der Waals surface area contributed by atoms with Crippen LogP contribution in [0.3, 0.4) is 0 Å². The standard InChI is InChI=1S/C13H22N6O2/c1-10-14-15-16-19(10)4-3-13(20)18-6-11-5-17(2)7-12(18)9-21-8-11/h11-12H,3-9H2,1-2H3/t11-,12-/m0/s1. The van der Waals surface area contributed by atoms with Gasteiger partial charge in [0.25, 0.3) is 0 Å². The van der Waals surface area contributed by atoms with Crippen LogP contribution >= 0.6 is 0 Å². The van der Waals surface area contributed by atoms with Crippen LogP contribution in [-0.4, -0.2) is 81.9 Å². The van der Waals surface area contributed by atoms with Gasteiger partial charge in [0.15, 0.2) is 0 Å². The van der Waals surface area contributed by atoms with Crippen LogP contribution in [0.5, 0.6) is 0 Å². The lowest BCUT2D eigenvalue weighted by atomic mass is 10.1. The highest BCUT2D eigenvalue weighted by Crippen LogP contribution is 2.19. The van der Waals surface area contributed by atoms with E-state index in [9.17, 15) is 4.79 Å². The first kappa shape index (κ1) is 14.4. The van der Waals surface area contributed by atoms with Gasteiger partial charge in [-0.15, -0.1) is 5.10 Å². The molecule has 2 aliphatic rings. The normalized spacial score (nSPS) is 26.7. The van der Waals surface area contributed by atoms with E-state index in [4.69, 9.17) is 4.74 Å². The van der Waals surface area contributed by atoms with Crippen LogP contribution in [0.15, 0.2) is 0 Å². The summed E-state index contributed by atoms with van der Waals surface area (Å²) in [5, 5.41) is 11.3. The number of fused-ring (bicyclic) bond motifs is 3. The lowest BCUT2D eigenvalue weighted by Crippen LogP contribution is -2.46. The second-order valence-corrected chi connectivity index (χ2v) is 6.02. The number of ether oxygens (including phenoxy) is 1. The van der Waals surface area contributed by atoms with E-state index >= 15 is 0 Å². The van der Waals surface area contributed by atoms with Gasteiger partial charge < -0.3 is 14.5 Å². The van der Waals surface area contributed by atoms with Crippen LogP contribution < -0.4 is 0 Å². The molecule has 3 heterocycles. The number of carbonyl (C=O) groups is 1. The van der Waals surface area contributed by atoms with E-state index in [1.54, 1.807) is 4.68 Å². The van der Waals surface area contributed by atoms with Crippen LogP contribution in [0, 0.1) is 12.8 Å². The highest BCUT2D eigenvalue weighted by molar-refractivity contribution is 5.76. The fourth-order valence-corrected chi connectivity index (χ4v) is 3.18. The maximum atomic E-state index is 12.6. The molecule has 0 aromatic carbocycles. The topological polar surface area (TPSA) is 76.4 Å². The van der Waals surface area contributed by atoms with E-state index in [0.29, 0.717) is 25.5 Å². The molecule has 0 aliphatic carbocycles. The number of nitrogens with zero attached hydrogens (tertiary/aromatic N) is 6. The van der Waals surface area contributed by atoms with Gasteiger partial charge in [0.2, 0.25) is 5.91 Å². The quantitative estimate of drug-likeness (QED) is 0.723. The fraction of sp³-hybridized carbons (Fsp3) is 0.846. The number of rotatable bonds is 3. The molecule has 0 unspecified atom stereocenters. The van der Waals surface area contributed by atoms with Crippen molar-refractivity contribution in [2.75, 3.05) is 39.9 Å². The summed E-state index contributed by atoms with van der Waals surface area (Å²) in [5.41, 5.74) is 0. The highest BCUT2D eigenvalue weighted by Gasteiger charge is 2.34. The first-order valence-electron chi connectivity index (χ1n) is 7.42. The fourth-order valence-electron chi connectivity index (χ4n) is 3.18. The summed E-state index contributed by atoms with van der Waals surface area (Å²) < 4.78 is 7.37. The molecule has 1 aromatic heterocycles. The summed E-state index contributed by atoms with van der Waals surface area (Å²) in [6, 6.07) is 0.157. The maximum absolute atomic E-state index is 12.6. The number of aromatic nitrogens is 4. The Morgan fingerprint density at radius 1 is 1.33 bits per heavy atom. The molecule has 1 amide bonds. The zero-order valence-corrected chi connectivity index (χ0v) is 12.6. The molecule has 0 radical (unpaired) electrons. The molecule has 116 valence electrons. The van der Waals surface area contributed by atoms with E-state index in [0.717, 1.165) is 32.1 Å². The molecule has 2 saturated heterocycles. The summed E-state index contributed by atoms with van der Waals surface area (Å²) >= 11 is 0. The number of likely N-dealkylation sites (N-methyl/N-ethyl adjacent to an activating group) is 1. The summed E-state index contributed by atoms with van der Waals surface area (Å²) in [5.74, 6) is 1.31. The number of tetrazole rings is 1. The van der Waals surface area contributed by atoms with E-state index in [1.165, 1.54) is 0 Å². The number of amides is 1. The summed E-state index contributed by atoms with van der Waals surface area (Å²) in [4.78, 5) is 16.9. The number of hydrogen-bond acceptors (Lipinski definition) is 6. The molecule has 0 N–H and O–H groups in total. The van der Waals surface area contributed by atoms with E-state index in [2.05, 4.69) is 27.5 Å². The van der Waals surface area contributed by atoms with Crippen molar-refractivity contribution in [3.05, 3.63) is 5.82 Å². The number of aryl methyl sites for hydroxylation is 2. The van der Waals surface area contributed by atoms with Crippen molar-refractivity contribution in [3.63, 3.8) is 0 Å². The third-order valence-corrected chi connectivity index (χ3v) is 4.22. The molecule has 2 fully saturated rings. The first-order chi connectivity index (χ1) is 10.1. The molecular weight excluding hydrogens is 272 g/mol. The smallest absolute Gasteiger partial charge is 0.224 e. The minimum Gasteiger partial charge on any atom is -0.379 e. The second kappa shape index (κ2) is 6.07. The average Bonchev–Trinajstić information content (AvgIpc) is 2.65. The van der Waals surface area contributed by atoms with Gasteiger partial charge in [0, 0.05) is 32.0 Å². The zero-order chi connectivity index (χ0) is 14.8. The summed E-state index contributed by atoms with van der Waals surface area (Å²) in [7, 11) is 2.11. The van der Waals surface area contributed by atoms with Crippen molar-refractivity contribution in [1.82, 2.24) is 30.0 Å². The number of carbonyl (C=O) groups excluding carboxylic acids is 1. The Bertz CT molecular complexity index is 505. The second-order valence-electron chi connectivity index (χ2n) is 6.02. The third-order valence-electron chi connectivity index (χ3n) is 4.22. The van der Waals surface area contributed by atoms with Gasteiger partial charge >= 0.3 is 0 Å². The lowest BCUT2D eigenvalue weighted by molar-refractivity contribution is -0.134. The van der Waals surface area contributed by atoms with Gasteiger partial charge in [-0.3, -0.25) is 4.79 Å². The molecule has 8 heteroatoms. The maximum Gasteiger partial charge on any atom is 0.224 e. The molecule has 0 saturated carbocycles. The molecule has 0 spiro atoms. The van der Waals surface area contributed by atoms with E-state index < -0.39 is 0 Å². The van der Waals surface area contributed by atoms with Gasteiger partial charge in [-0.1, -0.05) is 0 Å². The molecule has 21 heavy (non-hydrogen) atoms. The molecule has 3 rings (SSSR count). The monoisotopic (exact) mass is 294 g/mol. The Morgan fingerprint density at radius 2 is 2.19 bits per heavy atom. The average molecular weight is 294 g/mol. The van der Waals surface area contributed by atoms with Crippen molar-refractivity contribution < 1.29 is 9.53 Å². The Kier molecular flexibility index (Phi) is 4.16. The van der Waals surface area contributed by atoms with Gasteiger partial charge in [-0.25, -0.2) is 4.68 Å². The van der Waals surface area contributed by atoms with Gasteiger partial charge in [-0.05, 0) is 24.4 Å². The van der Waals surface area contributed by atoms with Crippen molar-refractivity contribution >= 4 is 5.91 Å². The molecule has 2 atom stereocenters. The van der Waals surface area contributed by atoms with E-state index in [-0.39, 0.29) is 11.9 Å². The molecule has 2 aliphatic heterocycles. The van der Waals surface area contributed by atoms with E-state index in [1.807, 2.05) is 11.8 Å². The molecular formula is C13H22N6O2. The minimum atomic E-state index is 0.157. The predicted molar refractivity (Wildman–Crippen MR) is 74.5 cm³/mol. The van der Waals surface area contributed by atoms with Crippen molar-refractivity contribution in [2.24, 2.45) is 5.92 Å². The Morgan fingerprint density at radius 3 is 2.95 bits per heavy atom. The van der Waals surface area contributed by atoms with Crippen LogP contribution in [0.25, 0.3) is 0 Å². The Labute approximate surface area is 124 Å². The third kappa shape index (κ3) is 3.21. The van der Waals surface area contributed by atoms with Crippen molar-refractivity contribution in [2.45, 2.75) is 25.9 Å². The van der Waals surface area contributed by atoms with Gasteiger partial charge in [-0.2, -0.15) is 0 Å². The summed E-state index contributed by atoms with van der Waals surface area (Å²) in [6.45, 7) is 6.42. The zero-order valence-electron chi connectivity index (χ0n) is 12.6. The molecule has 2 bridgehead atoms. The number of hydrogen-bond donors (Lipinski definition) is 0. The first-order valence-corrected chi connectivity index (χ1v) is 7.42. The summed E-state index contributed by atoms with van der Waals surface area (Å²) in [6.07, 6.45) is 0.429. The van der Waals surface area contributed by atoms with Crippen molar-refractivity contribution in [3.8, 4) is 0 Å². The van der Waals surface area contributed by atoms with Crippen LogP contribution in [-0.2, 0) is 16.1 Å². The largest absolute Gasteiger partial charge is 0.379 e. The predicted octanol–water partition coefficient (Wildman–Crippen LogP) is -0.839. The van der Waals surface area contributed by atoms with Gasteiger partial charge in [0.05, 0.1) is 25.8 Å². The van der Waals surface area contributed by atoms with Crippen LogP contribution in [0.1, 0.15) is 12.2 Å². The Hall–Kier alpha value is -1.54. The van der Waals surface area contributed by atoms with Gasteiger partial charge in [0.1, 0.15) is 5.82 Å². The molecule has 8 nitrogen and oxygen atoms in total. The van der Waals surface area contributed by atoms with Crippen LogP contribution in [0.2, 0.25) is 0 Å². The Balaban J connectivity index is 1.64. The SMILES string of the molecule is Cc1nnnn1CCC(=O)N1C[C@H]2COC[C@@H]1CN(C)C2. The van der Waals surface area contributed by atoms with Crippen LogP contribution in [0.4, 0.5) is 0 Å². The lowest BCUT2D eigenvalue weighted by Gasteiger charge is -2.29. The van der Waals surface area contributed by atoms with Crippen molar-refractivity contribution in [1.29, 1.82) is 0 Å². The molecule has 1 aromatic rings. The minimum absolute atomic E-state index is 0.157. The highest BCUT2D eigenvalue weighted by atomic mass is 16.5.